The second kappa shape index (κ2) is 8.74. The minimum Gasteiger partial charge on any atom is -0.494 e. The van der Waals surface area contributed by atoms with E-state index in [9.17, 15) is 14.9 Å². The number of non-ortho nitro benzene ring substituents is 1. The van der Waals surface area contributed by atoms with Crippen LogP contribution in [0.15, 0.2) is 48.5 Å². The molecule has 0 heterocycles. The summed E-state index contributed by atoms with van der Waals surface area (Å²) in [6.45, 7) is 2.62. The normalized spacial score (nSPS) is 9.96. The Bertz CT molecular complexity index is 778. The van der Waals surface area contributed by atoms with Gasteiger partial charge in [-0.1, -0.05) is 13.0 Å². The van der Waals surface area contributed by atoms with E-state index in [1.54, 1.807) is 30.3 Å². The fourth-order valence-corrected chi connectivity index (χ4v) is 2.17. The van der Waals surface area contributed by atoms with E-state index in [1.807, 2.05) is 6.92 Å². The van der Waals surface area contributed by atoms with Gasteiger partial charge in [0.25, 0.3) is 11.6 Å². The molecule has 0 saturated carbocycles. The van der Waals surface area contributed by atoms with Crippen LogP contribution in [0.3, 0.4) is 0 Å². The fraction of sp³-hybridized carbons (Fsp3) is 0.176. The van der Waals surface area contributed by atoms with Gasteiger partial charge in [0.05, 0.1) is 11.5 Å². The quantitative estimate of drug-likeness (QED) is 0.466. The number of carbonyl (C=O) groups excluding carboxylic acids is 1. The monoisotopic (exact) mass is 359 g/mol. The molecule has 0 aliphatic rings. The van der Waals surface area contributed by atoms with E-state index in [-0.39, 0.29) is 16.7 Å². The number of thiocarbonyl (C=S) groups is 1. The molecule has 0 aromatic heterocycles. The maximum atomic E-state index is 12.2. The van der Waals surface area contributed by atoms with Crippen molar-refractivity contribution in [1.82, 2.24) is 5.32 Å². The molecule has 25 heavy (non-hydrogen) atoms. The van der Waals surface area contributed by atoms with Crippen LogP contribution in [0.25, 0.3) is 0 Å². The molecular formula is C17H17N3O4S. The molecule has 0 saturated heterocycles. The summed E-state index contributed by atoms with van der Waals surface area (Å²) in [5, 5.41) is 16.1. The summed E-state index contributed by atoms with van der Waals surface area (Å²) >= 11 is 5.07. The van der Waals surface area contributed by atoms with Crippen LogP contribution in [0.4, 0.5) is 11.4 Å². The van der Waals surface area contributed by atoms with E-state index in [4.69, 9.17) is 17.0 Å². The van der Waals surface area contributed by atoms with Crippen molar-refractivity contribution in [3.8, 4) is 5.75 Å². The van der Waals surface area contributed by atoms with Crippen LogP contribution in [-0.4, -0.2) is 22.5 Å². The van der Waals surface area contributed by atoms with Crippen LogP contribution in [0.2, 0.25) is 0 Å². The lowest BCUT2D eigenvalue weighted by atomic mass is 10.2. The van der Waals surface area contributed by atoms with Gasteiger partial charge in [-0.25, -0.2) is 0 Å². The first-order valence-electron chi connectivity index (χ1n) is 7.59. The Morgan fingerprint density at radius 2 is 1.96 bits per heavy atom. The molecule has 0 atom stereocenters. The Labute approximate surface area is 150 Å². The number of nitro benzene ring substituents is 1. The number of ether oxygens (including phenoxy) is 1. The highest BCUT2D eigenvalue weighted by atomic mass is 32.1. The summed E-state index contributed by atoms with van der Waals surface area (Å²) in [7, 11) is 0. The van der Waals surface area contributed by atoms with Crippen LogP contribution >= 0.6 is 12.2 Å². The fourth-order valence-electron chi connectivity index (χ4n) is 1.96. The zero-order valence-corrected chi connectivity index (χ0v) is 14.3. The topological polar surface area (TPSA) is 93.5 Å². The molecule has 0 bridgehead atoms. The molecule has 0 aliphatic carbocycles. The van der Waals surface area contributed by atoms with Crippen LogP contribution in [0, 0.1) is 10.1 Å². The van der Waals surface area contributed by atoms with Crippen molar-refractivity contribution < 1.29 is 14.5 Å². The van der Waals surface area contributed by atoms with Crippen molar-refractivity contribution in [2.24, 2.45) is 0 Å². The number of hydrogen-bond acceptors (Lipinski definition) is 5. The smallest absolute Gasteiger partial charge is 0.271 e. The molecule has 0 unspecified atom stereocenters. The highest BCUT2D eigenvalue weighted by Gasteiger charge is 2.10. The highest BCUT2D eigenvalue weighted by molar-refractivity contribution is 7.80. The predicted octanol–water partition coefficient (Wildman–Crippen LogP) is 3.51. The molecule has 2 N–H and O–H groups in total. The third-order valence-corrected chi connectivity index (χ3v) is 3.34. The predicted molar refractivity (Wildman–Crippen MR) is 99.0 cm³/mol. The molecule has 7 nitrogen and oxygen atoms in total. The summed E-state index contributed by atoms with van der Waals surface area (Å²) in [6.07, 6.45) is 0.903. The molecule has 130 valence electrons. The summed E-state index contributed by atoms with van der Waals surface area (Å²) in [5.41, 5.74) is 0.775. The van der Waals surface area contributed by atoms with Crippen molar-refractivity contribution in [1.29, 1.82) is 0 Å². The first-order chi connectivity index (χ1) is 12.0. The Hall–Kier alpha value is -3.00. The zero-order chi connectivity index (χ0) is 18.2. The van der Waals surface area contributed by atoms with E-state index in [0.717, 1.165) is 6.42 Å². The van der Waals surface area contributed by atoms with E-state index in [0.29, 0.717) is 23.6 Å². The van der Waals surface area contributed by atoms with Crippen molar-refractivity contribution >= 4 is 34.6 Å². The molecule has 0 radical (unpaired) electrons. The second-order valence-electron chi connectivity index (χ2n) is 5.09. The third-order valence-electron chi connectivity index (χ3n) is 3.13. The van der Waals surface area contributed by atoms with Crippen molar-refractivity contribution in [3.05, 3.63) is 64.2 Å². The molecular weight excluding hydrogens is 342 g/mol. The standard InChI is InChI=1S/C17H17N3O4S/c1-2-10-24-15-8-6-12(7-9-15)16(21)19-17(25)18-13-4-3-5-14(11-13)20(22)23/h3-9,11H,2,10H2,1H3,(H2,18,19,21,25). The van der Waals surface area contributed by atoms with Gasteiger partial charge in [0.1, 0.15) is 5.75 Å². The zero-order valence-electron chi connectivity index (χ0n) is 13.5. The van der Waals surface area contributed by atoms with E-state index in [2.05, 4.69) is 10.6 Å². The van der Waals surface area contributed by atoms with Crippen LogP contribution < -0.4 is 15.4 Å². The van der Waals surface area contributed by atoms with Gasteiger partial charge in [-0.3, -0.25) is 20.2 Å². The number of hydrogen-bond donors (Lipinski definition) is 2. The number of nitrogens with one attached hydrogen (secondary N) is 2. The average molecular weight is 359 g/mol. The molecule has 0 spiro atoms. The molecule has 8 heteroatoms. The van der Waals surface area contributed by atoms with Gasteiger partial charge in [0, 0.05) is 23.4 Å². The Kier molecular flexibility index (Phi) is 6.41. The first kappa shape index (κ1) is 18.3. The van der Waals surface area contributed by atoms with Crippen molar-refractivity contribution in [2.75, 3.05) is 11.9 Å². The van der Waals surface area contributed by atoms with Crippen LogP contribution in [0.5, 0.6) is 5.75 Å². The molecule has 2 rings (SSSR count). The van der Waals surface area contributed by atoms with Gasteiger partial charge < -0.3 is 10.1 Å². The lowest BCUT2D eigenvalue weighted by Gasteiger charge is -2.10. The summed E-state index contributed by atoms with van der Waals surface area (Å²) < 4.78 is 5.46. The minimum atomic E-state index is -0.505. The van der Waals surface area contributed by atoms with Crippen molar-refractivity contribution in [2.45, 2.75) is 13.3 Å². The van der Waals surface area contributed by atoms with Gasteiger partial charge in [0.2, 0.25) is 0 Å². The number of rotatable bonds is 6. The Morgan fingerprint density at radius 3 is 2.60 bits per heavy atom. The van der Waals surface area contributed by atoms with Crippen LogP contribution in [0.1, 0.15) is 23.7 Å². The molecule has 2 aromatic carbocycles. The Morgan fingerprint density at radius 1 is 1.24 bits per heavy atom. The Balaban J connectivity index is 1.94. The number of amides is 1. The lowest BCUT2D eigenvalue weighted by Crippen LogP contribution is -2.34. The van der Waals surface area contributed by atoms with Gasteiger partial charge in [-0.2, -0.15) is 0 Å². The largest absolute Gasteiger partial charge is 0.494 e. The number of carbonyl (C=O) groups is 1. The first-order valence-corrected chi connectivity index (χ1v) is 8.00. The van der Waals surface area contributed by atoms with Gasteiger partial charge in [-0.15, -0.1) is 0 Å². The van der Waals surface area contributed by atoms with Crippen LogP contribution in [-0.2, 0) is 0 Å². The summed E-state index contributed by atoms with van der Waals surface area (Å²) in [4.78, 5) is 22.4. The summed E-state index contributed by atoms with van der Waals surface area (Å²) in [5.74, 6) is 0.306. The minimum absolute atomic E-state index is 0.0526. The average Bonchev–Trinajstić information content (AvgIpc) is 2.60. The maximum absolute atomic E-state index is 12.2. The number of nitrogens with zero attached hydrogens (tertiary/aromatic N) is 1. The van der Waals surface area contributed by atoms with E-state index < -0.39 is 4.92 Å². The summed E-state index contributed by atoms with van der Waals surface area (Å²) in [6, 6.07) is 12.5. The van der Waals surface area contributed by atoms with Crippen molar-refractivity contribution in [3.63, 3.8) is 0 Å². The van der Waals surface area contributed by atoms with E-state index in [1.165, 1.54) is 18.2 Å². The SMILES string of the molecule is CCCOc1ccc(C(=O)NC(=S)Nc2cccc([N+](=O)[O-])c2)cc1. The maximum Gasteiger partial charge on any atom is 0.271 e. The third kappa shape index (κ3) is 5.54. The van der Waals surface area contributed by atoms with E-state index >= 15 is 0 Å². The van der Waals surface area contributed by atoms with Gasteiger partial charge in [-0.05, 0) is 49.0 Å². The second-order valence-corrected chi connectivity index (χ2v) is 5.50. The van der Waals surface area contributed by atoms with Gasteiger partial charge in [0.15, 0.2) is 5.11 Å². The highest BCUT2D eigenvalue weighted by Crippen LogP contribution is 2.17. The molecule has 2 aromatic rings. The lowest BCUT2D eigenvalue weighted by molar-refractivity contribution is -0.384. The number of benzene rings is 2. The molecule has 0 aliphatic heterocycles. The molecule has 0 fully saturated rings. The number of nitro groups is 1. The molecule has 1 amide bonds. The van der Waals surface area contributed by atoms with Gasteiger partial charge >= 0.3 is 0 Å². The number of anilines is 1.